The Morgan fingerprint density at radius 1 is 1.33 bits per heavy atom. The minimum absolute atomic E-state index is 0.0376. The SMILES string of the molecule is CCc1ccc(OC[C@H](O)C[NH3+])c(C(C)(C)C)c1. The first-order valence-corrected chi connectivity index (χ1v) is 6.62. The average Bonchev–Trinajstić information content (AvgIpc) is 2.34. The molecule has 3 heteroatoms. The summed E-state index contributed by atoms with van der Waals surface area (Å²) in [6.45, 7) is 9.44. The molecule has 0 aliphatic rings. The highest BCUT2D eigenvalue weighted by atomic mass is 16.5. The predicted octanol–water partition coefficient (Wildman–Crippen LogP) is 1.53. The van der Waals surface area contributed by atoms with E-state index in [0.29, 0.717) is 13.2 Å². The number of quaternary nitrogens is 1. The molecule has 0 aliphatic carbocycles. The Hall–Kier alpha value is -1.06. The lowest BCUT2D eigenvalue weighted by atomic mass is 9.85. The van der Waals surface area contributed by atoms with Gasteiger partial charge < -0.3 is 15.6 Å². The van der Waals surface area contributed by atoms with Gasteiger partial charge in [-0.05, 0) is 29.0 Å². The summed E-state index contributed by atoms with van der Waals surface area (Å²) in [5.41, 5.74) is 6.21. The number of benzene rings is 1. The number of rotatable bonds is 5. The van der Waals surface area contributed by atoms with E-state index >= 15 is 0 Å². The van der Waals surface area contributed by atoms with E-state index in [9.17, 15) is 5.11 Å². The van der Waals surface area contributed by atoms with E-state index < -0.39 is 6.10 Å². The molecule has 0 amide bonds. The molecule has 0 fully saturated rings. The number of hydrogen-bond acceptors (Lipinski definition) is 2. The molecule has 18 heavy (non-hydrogen) atoms. The standard InChI is InChI=1S/C15H25NO2/c1-5-11-6-7-14(18-10-12(17)9-16)13(8-11)15(2,3)4/h6-8,12,17H,5,9-10,16H2,1-4H3/p+1/t12-/m1/s1. The number of hydrogen-bond donors (Lipinski definition) is 2. The summed E-state index contributed by atoms with van der Waals surface area (Å²) >= 11 is 0. The second kappa shape index (κ2) is 6.21. The van der Waals surface area contributed by atoms with Crippen molar-refractivity contribution in [2.24, 2.45) is 0 Å². The van der Waals surface area contributed by atoms with Crippen LogP contribution in [0.2, 0.25) is 0 Å². The Morgan fingerprint density at radius 2 is 2.00 bits per heavy atom. The molecule has 0 aromatic heterocycles. The molecule has 1 aromatic rings. The van der Waals surface area contributed by atoms with Crippen molar-refractivity contribution in [2.45, 2.75) is 45.6 Å². The summed E-state index contributed by atoms with van der Waals surface area (Å²) in [6, 6.07) is 6.29. The van der Waals surface area contributed by atoms with Crippen LogP contribution in [0.3, 0.4) is 0 Å². The third kappa shape index (κ3) is 4.00. The Labute approximate surface area is 110 Å². The van der Waals surface area contributed by atoms with Gasteiger partial charge in [-0.15, -0.1) is 0 Å². The van der Waals surface area contributed by atoms with Crippen LogP contribution < -0.4 is 10.5 Å². The van der Waals surface area contributed by atoms with Crippen molar-refractivity contribution in [2.75, 3.05) is 13.2 Å². The fraction of sp³-hybridized carbons (Fsp3) is 0.600. The van der Waals surface area contributed by atoms with Crippen molar-refractivity contribution >= 4 is 0 Å². The summed E-state index contributed by atoms with van der Waals surface area (Å²) in [4.78, 5) is 0. The third-order valence-corrected chi connectivity index (χ3v) is 3.02. The zero-order chi connectivity index (χ0) is 13.8. The van der Waals surface area contributed by atoms with Crippen LogP contribution in [0, 0.1) is 0 Å². The molecule has 1 aromatic carbocycles. The smallest absolute Gasteiger partial charge is 0.136 e. The van der Waals surface area contributed by atoms with Crippen molar-refractivity contribution in [1.29, 1.82) is 0 Å². The fourth-order valence-electron chi connectivity index (χ4n) is 1.78. The predicted molar refractivity (Wildman–Crippen MR) is 73.8 cm³/mol. The van der Waals surface area contributed by atoms with Crippen LogP contribution in [0.4, 0.5) is 0 Å². The first-order valence-electron chi connectivity index (χ1n) is 6.62. The summed E-state index contributed by atoms with van der Waals surface area (Å²) in [7, 11) is 0. The number of aliphatic hydroxyl groups is 1. The molecule has 0 spiro atoms. The van der Waals surface area contributed by atoms with Gasteiger partial charge in [-0.1, -0.05) is 39.8 Å². The molecule has 0 radical (unpaired) electrons. The van der Waals surface area contributed by atoms with Gasteiger partial charge in [0.15, 0.2) is 0 Å². The first-order chi connectivity index (χ1) is 8.38. The molecule has 0 aliphatic heterocycles. The van der Waals surface area contributed by atoms with Gasteiger partial charge in [0.2, 0.25) is 0 Å². The highest BCUT2D eigenvalue weighted by molar-refractivity contribution is 5.41. The normalized spacial score (nSPS) is 13.4. The quantitative estimate of drug-likeness (QED) is 0.835. The summed E-state index contributed by atoms with van der Waals surface area (Å²) in [5, 5.41) is 9.53. The third-order valence-electron chi connectivity index (χ3n) is 3.02. The molecule has 0 bridgehead atoms. The van der Waals surface area contributed by atoms with E-state index in [-0.39, 0.29) is 5.41 Å². The van der Waals surface area contributed by atoms with Crippen LogP contribution in [-0.2, 0) is 11.8 Å². The van der Waals surface area contributed by atoms with Crippen molar-refractivity contribution in [3.63, 3.8) is 0 Å². The summed E-state index contributed by atoms with van der Waals surface area (Å²) in [5.74, 6) is 0.868. The van der Waals surface area contributed by atoms with Gasteiger partial charge in [-0.25, -0.2) is 0 Å². The number of ether oxygens (including phenoxy) is 1. The van der Waals surface area contributed by atoms with Gasteiger partial charge in [0, 0.05) is 0 Å². The Bertz CT molecular complexity index is 383. The van der Waals surface area contributed by atoms with Crippen LogP contribution in [0.15, 0.2) is 18.2 Å². The fourth-order valence-corrected chi connectivity index (χ4v) is 1.78. The van der Waals surface area contributed by atoms with E-state index in [1.165, 1.54) is 11.1 Å². The van der Waals surface area contributed by atoms with Crippen LogP contribution >= 0.6 is 0 Å². The Morgan fingerprint density at radius 3 is 2.50 bits per heavy atom. The van der Waals surface area contributed by atoms with Crippen LogP contribution in [0.25, 0.3) is 0 Å². The highest BCUT2D eigenvalue weighted by Gasteiger charge is 2.20. The van der Waals surface area contributed by atoms with Gasteiger partial charge >= 0.3 is 0 Å². The zero-order valence-electron chi connectivity index (χ0n) is 12.0. The lowest BCUT2D eigenvalue weighted by molar-refractivity contribution is -0.384. The van der Waals surface area contributed by atoms with Gasteiger partial charge in [0.1, 0.15) is 25.0 Å². The van der Waals surface area contributed by atoms with Gasteiger partial charge in [-0.3, -0.25) is 0 Å². The monoisotopic (exact) mass is 252 g/mol. The van der Waals surface area contributed by atoms with Crippen LogP contribution in [0.5, 0.6) is 5.75 Å². The maximum absolute atomic E-state index is 9.53. The second-order valence-corrected chi connectivity index (χ2v) is 5.69. The molecule has 1 atom stereocenters. The lowest BCUT2D eigenvalue weighted by Gasteiger charge is -2.24. The van der Waals surface area contributed by atoms with Crippen molar-refractivity contribution in [3.8, 4) is 5.75 Å². The molecular formula is C15H26NO2+. The number of aliphatic hydroxyl groups excluding tert-OH is 1. The minimum atomic E-state index is -0.497. The maximum atomic E-state index is 9.53. The summed E-state index contributed by atoms with van der Waals surface area (Å²) in [6.07, 6.45) is 0.522. The Balaban J connectivity index is 2.96. The first kappa shape index (κ1) is 15.0. The van der Waals surface area contributed by atoms with E-state index in [2.05, 4.69) is 45.6 Å². The second-order valence-electron chi connectivity index (χ2n) is 5.69. The minimum Gasteiger partial charge on any atom is -0.490 e. The van der Waals surface area contributed by atoms with E-state index in [1.54, 1.807) is 0 Å². The van der Waals surface area contributed by atoms with E-state index in [0.717, 1.165) is 12.2 Å². The molecule has 0 saturated heterocycles. The van der Waals surface area contributed by atoms with E-state index in [4.69, 9.17) is 4.74 Å². The molecule has 4 N–H and O–H groups in total. The van der Waals surface area contributed by atoms with Crippen molar-refractivity contribution in [1.82, 2.24) is 0 Å². The topological polar surface area (TPSA) is 57.1 Å². The largest absolute Gasteiger partial charge is 0.490 e. The van der Waals surface area contributed by atoms with Gasteiger partial charge in [0.25, 0.3) is 0 Å². The molecule has 102 valence electrons. The zero-order valence-corrected chi connectivity index (χ0v) is 12.0. The Kier molecular flexibility index (Phi) is 5.17. The molecule has 0 heterocycles. The molecular weight excluding hydrogens is 226 g/mol. The van der Waals surface area contributed by atoms with Gasteiger partial charge in [-0.2, -0.15) is 0 Å². The van der Waals surface area contributed by atoms with Crippen molar-refractivity contribution in [3.05, 3.63) is 29.3 Å². The average molecular weight is 252 g/mol. The van der Waals surface area contributed by atoms with Gasteiger partial charge in [0.05, 0.1) is 0 Å². The maximum Gasteiger partial charge on any atom is 0.136 e. The lowest BCUT2D eigenvalue weighted by Crippen LogP contribution is -2.56. The summed E-state index contributed by atoms with van der Waals surface area (Å²) < 4.78 is 5.73. The van der Waals surface area contributed by atoms with E-state index in [1.807, 2.05) is 6.07 Å². The van der Waals surface area contributed by atoms with Crippen LogP contribution in [0.1, 0.15) is 38.8 Å². The van der Waals surface area contributed by atoms with Crippen molar-refractivity contribution < 1.29 is 15.6 Å². The number of aryl methyl sites for hydroxylation is 1. The van der Waals surface area contributed by atoms with Crippen LogP contribution in [-0.4, -0.2) is 24.4 Å². The molecule has 1 rings (SSSR count). The molecule has 3 nitrogen and oxygen atoms in total. The molecule has 0 unspecified atom stereocenters. The highest BCUT2D eigenvalue weighted by Crippen LogP contribution is 2.32. The molecule has 0 saturated carbocycles.